The zero-order valence-electron chi connectivity index (χ0n) is 11.0. The van der Waals surface area contributed by atoms with Gasteiger partial charge in [-0.2, -0.15) is 0 Å². The first-order valence-electron chi connectivity index (χ1n) is 6.01. The summed E-state index contributed by atoms with van der Waals surface area (Å²) in [7, 11) is 0. The lowest BCUT2D eigenvalue weighted by Crippen LogP contribution is -2.47. The molecule has 2 amide bonds. The number of carbonyl (C=O) groups is 2. The van der Waals surface area contributed by atoms with Crippen LogP contribution in [0.3, 0.4) is 0 Å². The highest BCUT2D eigenvalue weighted by atomic mass is 16.7. The predicted molar refractivity (Wildman–Crippen MR) is 65.5 cm³/mol. The van der Waals surface area contributed by atoms with Crippen molar-refractivity contribution in [1.82, 2.24) is 10.6 Å². The van der Waals surface area contributed by atoms with E-state index < -0.39 is 6.29 Å². The SMILES string of the molecule is CCO[C@@H]1OC(CNC(C)=O)=CC[C@H]1NC(C)=O. The number of amides is 2. The molecule has 0 aromatic heterocycles. The van der Waals surface area contributed by atoms with Gasteiger partial charge in [0, 0.05) is 20.5 Å². The Morgan fingerprint density at radius 3 is 2.72 bits per heavy atom. The highest BCUT2D eigenvalue weighted by Gasteiger charge is 2.28. The molecule has 0 unspecified atom stereocenters. The van der Waals surface area contributed by atoms with Crippen molar-refractivity contribution in [3.05, 3.63) is 11.8 Å². The maximum atomic E-state index is 11.1. The molecule has 102 valence electrons. The van der Waals surface area contributed by atoms with Crippen LogP contribution in [-0.2, 0) is 19.1 Å². The van der Waals surface area contributed by atoms with E-state index in [0.717, 1.165) is 0 Å². The summed E-state index contributed by atoms with van der Waals surface area (Å²) in [4.78, 5) is 21.9. The fourth-order valence-corrected chi connectivity index (χ4v) is 1.68. The van der Waals surface area contributed by atoms with Crippen molar-refractivity contribution >= 4 is 11.8 Å². The largest absolute Gasteiger partial charge is 0.465 e. The molecule has 1 aliphatic rings. The van der Waals surface area contributed by atoms with Gasteiger partial charge in [-0.3, -0.25) is 9.59 Å². The summed E-state index contributed by atoms with van der Waals surface area (Å²) in [6.45, 7) is 5.60. The fourth-order valence-electron chi connectivity index (χ4n) is 1.68. The molecule has 0 fully saturated rings. The van der Waals surface area contributed by atoms with Crippen LogP contribution in [0.5, 0.6) is 0 Å². The molecule has 0 aromatic carbocycles. The summed E-state index contributed by atoms with van der Waals surface area (Å²) in [6, 6.07) is -0.191. The normalized spacial score (nSPS) is 22.7. The average Bonchev–Trinajstić information content (AvgIpc) is 2.29. The van der Waals surface area contributed by atoms with Gasteiger partial charge >= 0.3 is 0 Å². The lowest BCUT2D eigenvalue weighted by molar-refractivity contribution is -0.147. The minimum Gasteiger partial charge on any atom is -0.465 e. The van der Waals surface area contributed by atoms with E-state index >= 15 is 0 Å². The third-order valence-electron chi connectivity index (χ3n) is 2.43. The Bertz CT molecular complexity index is 341. The molecule has 0 radical (unpaired) electrons. The molecule has 6 heteroatoms. The molecule has 0 saturated heterocycles. The van der Waals surface area contributed by atoms with Gasteiger partial charge in [0.15, 0.2) is 0 Å². The molecule has 0 saturated carbocycles. The van der Waals surface area contributed by atoms with E-state index in [2.05, 4.69) is 10.6 Å². The molecule has 0 aliphatic carbocycles. The van der Waals surface area contributed by atoms with E-state index in [1.165, 1.54) is 13.8 Å². The summed E-state index contributed by atoms with van der Waals surface area (Å²) in [5.41, 5.74) is 0. The molecule has 1 rings (SSSR count). The minimum absolute atomic E-state index is 0.114. The number of nitrogens with one attached hydrogen (secondary N) is 2. The van der Waals surface area contributed by atoms with E-state index in [4.69, 9.17) is 9.47 Å². The molecule has 2 N–H and O–H groups in total. The Morgan fingerprint density at radius 1 is 1.44 bits per heavy atom. The quantitative estimate of drug-likeness (QED) is 0.741. The second-order valence-corrected chi connectivity index (χ2v) is 4.06. The van der Waals surface area contributed by atoms with Crippen LogP contribution < -0.4 is 10.6 Å². The van der Waals surface area contributed by atoms with Gasteiger partial charge in [0.1, 0.15) is 5.76 Å². The van der Waals surface area contributed by atoms with Crippen molar-refractivity contribution in [1.29, 1.82) is 0 Å². The molecular formula is C12H20N2O4. The Balaban J connectivity index is 2.58. The first-order valence-corrected chi connectivity index (χ1v) is 6.01. The van der Waals surface area contributed by atoms with Crippen molar-refractivity contribution in [3.8, 4) is 0 Å². The molecule has 0 aromatic rings. The summed E-state index contributed by atoms with van der Waals surface area (Å²) in [5, 5.41) is 5.44. The van der Waals surface area contributed by atoms with Gasteiger partial charge in [0.25, 0.3) is 0 Å². The van der Waals surface area contributed by atoms with Gasteiger partial charge in [-0.1, -0.05) is 0 Å². The Morgan fingerprint density at radius 2 is 2.17 bits per heavy atom. The molecule has 0 spiro atoms. The van der Waals surface area contributed by atoms with Crippen molar-refractivity contribution in [2.75, 3.05) is 13.2 Å². The number of hydrogen-bond acceptors (Lipinski definition) is 4. The molecular weight excluding hydrogens is 236 g/mol. The number of carbonyl (C=O) groups excluding carboxylic acids is 2. The van der Waals surface area contributed by atoms with Crippen molar-refractivity contribution in [2.45, 2.75) is 39.5 Å². The van der Waals surface area contributed by atoms with Gasteiger partial charge in [-0.15, -0.1) is 0 Å². The predicted octanol–water partition coefficient (Wildman–Crippen LogP) is 0.294. The van der Waals surface area contributed by atoms with Gasteiger partial charge in [-0.25, -0.2) is 0 Å². The zero-order chi connectivity index (χ0) is 13.5. The molecule has 1 aliphatic heterocycles. The van der Waals surface area contributed by atoms with Crippen LogP contribution in [0.2, 0.25) is 0 Å². The van der Waals surface area contributed by atoms with E-state index in [1.807, 2.05) is 13.0 Å². The molecule has 18 heavy (non-hydrogen) atoms. The second-order valence-electron chi connectivity index (χ2n) is 4.06. The highest BCUT2D eigenvalue weighted by molar-refractivity contribution is 5.73. The van der Waals surface area contributed by atoms with Gasteiger partial charge in [0.05, 0.1) is 12.6 Å². The first-order chi connectivity index (χ1) is 8.52. The topological polar surface area (TPSA) is 76.7 Å². The average molecular weight is 256 g/mol. The molecule has 2 atom stereocenters. The van der Waals surface area contributed by atoms with Crippen LogP contribution in [0.4, 0.5) is 0 Å². The van der Waals surface area contributed by atoms with Crippen LogP contribution in [0, 0.1) is 0 Å². The number of rotatable bonds is 5. The monoisotopic (exact) mass is 256 g/mol. The lowest BCUT2D eigenvalue weighted by atomic mass is 10.1. The molecule has 6 nitrogen and oxygen atoms in total. The van der Waals surface area contributed by atoms with E-state index in [1.54, 1.807) is 0 Å². The maximum absolute atomic E-state index is 11.1. The summed E-state index contributed by atoms with van der Waals surface area (Å²) < 4.78 is 11.0. The van der Waals surface area contributed by atoms with Crippen LogP contribution in [0.15, 0.2) is 11.8 Å². The summed E-state index contributed by atoms with van der Waals surface area (Å²) in [5.74, 6) is 0.425. The molecule has 1 heterocycles. The van der Waals surface area contributed by atoms with Crippen LogP contribution >= 0.6 is 0 Å². The minimum atomic E-state index is -0.507. The van der Waals surface area contributed by atoms with E-state index in [9.17, 15) is 9.59 Å². The van der Waals surface area contributed by atoms with Gasteiger partial charge < -0.3 is 20.1 Å². The highest BCUT2D eigenvalue weighted by Crippen LogP contribution is 2.18. The number of ether oxygens (including phenoxy) is 2. The van der Waals surface area contributed by atoms with Crippen LogP contribution in [0.1, 0.15) is 27.2 Å². The van der Waals surface area contributed by atoms with E-state index in [-0.39, 0.29) is 17.9 Å². The number of hydrogen-bond donors (Lipinski definition) is 2. The van der Waals surface area contributed by atoms with Gasteiger partial charge in [0.2, 0.25) is 18.1 Å². The van der Waals surface area contributed by atoms with Crippen molar-refractivity contribution in [2.24, 2.45) is 0 Å². The summed E-state index contributed by atoms with van der Waals surface area (Å²) in [6.07, 6.45) is 1.97. The second kappa shape index (κ2) is 7.00. The van der Waals surface area contributed by atoms with Crippen molar-refractivity contribution in [3.63, 3.8) is 0 Å². The third-order valence-corrected chi connectivity index (χ3v) is 2.43. The zero-order valence-corrected chi connectivity index (χ0v) is 11.0. The van der Waals surface area contributed by atoms with Crippen molar-refractivity contribution < 1.29 is 19.1 Å². The van der Waals surface area contributed by atoms with Gasteiger partial charge in [-0.05, 0) is 19.4 Å². The molecule has 0 bridgehead atoms. The van der Waals surface area contributed by atoms with Crippen LogP contribution in [-0.4, -0.2) is 37.3 Å². The van der Waals surface area contributed by atoms with E-state index in [0.29, 0.717) is 25.3 Å². The Kier molecular flexibility index (Phi) is 5.64. The third kappa shape index (κ3) is 4.75. The lowest BCUT2D eigenvalue weighted by Gasteiger charge is -2.32. The maximum Gasteiger partial charge on any atom is 0.220 e. The summed E-state index contributed by atoms with van der Waals surface area (Å²) >= 11 is 0. The Labute approximate surface area is 107 Å². The fraction of sp³-hybridized carbons (Fsp3) is 0.667. The van der Waals surface area contributed by atoms with Crippen LogP contribution in [0.25, 0.3) is 0 Å². The standard InChI is InChI=1S/C12H20N2O4/c1-4-17-12-11(14-9(3)16)6-5-10(18-12)7-13-8(2)15/h5,11-12H,4,6-7H2,1-3H3,(H,13,15)(H,14,16)/t11-,12-/m1/s1. The Hall–Kier alpha value is -1.56. The smallest absolute Gasteiger partial charge is 0.220 e. The first kappa shape index (κ1) is 14.5.